The Morgan fingerprint density at radius 3 is 2.76 bits per heavy atom. The van der Waals surface area contributed by atoms with Crippen LogP contribution in [-0.4, -0.2) is 27.8 Å². The lowest BCUT2D eigenvalue weighted by Gasteiger charge is -2.06. The lowest BCUT2D eigenvalue weighted by molar-refractivity contribution is 0.254. The average molecular weight is 283 g/mol. The number of benzene rings is 1. The van der Waals surface area contributed by atoms with E-state index in [4.69, 9.17) is 0 Å². The molecule has 0 spiro atoms. The standard InChI is InChI=1S/C14H13N5O2/c1-15-14(21)17-12-7-11-10(8-16-12)13(20)18-19(11)9-5-3-2-4-6-9/h2-8H,1H3,(H,18,20)(H2,15,16,17,21). The first-order chi connectivity index (χ1) is 10.2. The normalized spacial score (nSPS) is 10.5. The molecular formula is C14H13N5O2. The van der Waals surface area contributed by atoms with E-state index in [-0.39, 0.29) is 11.6 Å². The molecule has 0 aliphatic rings. The number of amides is 2. The van der Waals surface area contributed by atoms with Gasteiger partial charge in [0, 0.05) is 19.3 Å². The highest BCUT2D eigenvalue weighted by molar-refractivity contribution is 5.90. The lowest BCUT2D eigenvalue weighted by atomic mass is 10.3. The monoisotopic (exact) mass is 283 g/mol. The summed E-state index contributed by atoms with van der Waals surface area (Å²) in [6.45, 7) is 0. The number of carbonyl (C=O) groups excluding carboxylic acids is 1. The Hall–Kier alpha value is -3.09. The summed E-state index contributed by atoms with van der Waals surface area (Å²) in [5, 5.41) is 8.24. The van der Waals surface area contributed by atoms with Gasteiger partial charge in [-0.05, 0) is 12.1 Å². The van der Waals surface area contributed by atoms with Gasteiger partial charge in [0.25, 0.3) is 5.56 Å². The maximum Gasteiger partial charge on any atom is 0.320 e. The fourth-order valence-electron chi connectivity index (χ4n) is 2.05. The van der Waals surface area contributed by atoms with E-state index in [1.807, 2.05) is 30.3 Å². The van der Waals surface area contributed by atoms with E-state index in [0.717, 1.165) is 5.69 Å². The Morgan fingerprint density at radius 1 is 1.29 bits per heavy atom. The van der Waals surface area contributed by atoms with E-state index in [9.17, 15) is 9.59 Å². The van der Waals surface area contributed by atoms with E-state index in [1.165, 1.54) is 13.2 Å². The smallest absolute Gasteiger partial charge is 0.320 e. The summed E-state index contributed by atoms with van der Waals surface area (Å²) >= 11 is 0. The van der Waals surface area contributed by atoms with Crippen LogP contribution in [0.1, 0.15) is 0 Å². The van der Waals surface area contributed by atoms with E-state index < -0.39 is 0 Å². The Balaban J connectivity index is 2.15. The topological polar surface area (TPSA) is 91.8 Å². The molecule has 106 valence electrons. The molecule has 1 aromatic carbocycles. The van der Waals surface area contributed by atoms with Crippen LogP contribution in [-0.2, 0) is 0 Å². The van der Waals surface area contributed by atoms with Gasteiger partial charge in [-0.2, -0.15) is 0 Å². The molecule has 7 nitrogen and oxygen atoms in total. The number of H-pyrrole nitrogens is 1. The van der Waals surface area contributed by atoms with Crippen molar-refractivity contribution >= 4 is 22.8 Å². The molecule has 0 bridgehead atoms. The highest BCUT2D eigenvalue weighted by Crippen LogP contribution is 2.17. The third-order valence-corrected chi connectivity index (χ3v) is 3.06. The second-order valence-corrected chi connectivity index (χ2v) is 4.40. The second kappa shape index (κ2) is 5.12. The number of nitrogens with one attached hydrogen (secondary N) is 3. The number of urea groups is 1. The first-order valence-corrected chi connectivity index (χ1v) is 6.34. The van der Waals surface area contributed by atoms with Crippen molar-refractivity contribution in [3.8, 4) is 5.69 Å². The van der Waals surface area contributed by atoms with Crippen LogP contribution >= 0.6 is 0 Å². The van der Waals surface area contributed by atoms with Crippen molar-refractivity contribution < 1.29 is 4.79 Å². The molecule has 0 unspecified atom stereocenters. The highest BCUT2D eigenvalue weighted by Gasteiger charge is 2.10. The summed E-state index contributed by atoms with van der Waals surface area (Å²) < 4.78 is 1.66. The van der Waals surface area contributed by atoms with E-state index in [2.05, 4.69) is 20.7 Å². The van der Waals surface area contributed by atoms with E-state index in [0.29, 0.717) is 16.7 Å². The van der Waals surface area contributed by atoms with Gasteiger partial charge < -0.3 is 5.32 Å². The third kappa shape index (κ3) is 2.36. The zero-order chi connectivity index (χ0) is 14.8. The number of aromatic nitrogens is 3. The fraction of sp³-hybridized carbons (Fsp3) is 0.0714. The molecule has 0 saturated heterocycles. The molecule has 3 aromatic rings. The Labute approximate surface area is 119 Å². The average Bonchev–Trinajstić information content (AvgIpc) is 2.85. The molecule has 0 atom stereocenters. The zero-order valence-corrected chi connectivity index (χ0v) is 11.3. The Bertz CT molecular complexity index is 851. The van der Waals surface area contributed by atoms with Gasteiger partial charge in [-0.25, -0.2) is 9.78 Å². The lowest BCUT2D eigenvalue weighted by Crippen LogP contribution is -2.24. The molecule has 3 N–H and O–H groups in total. The number of carbonyl (C=O) groups is 1. The molecule has 2 heterocycles. The summed E-state index contributed by atoms with van der Waals surface area (Å²) in [6, 6.07) is 10.7. The van der Waals surface area contributed by atoms with Crippen LogP contribution in [0.5, 0.6) is 0 Å². The van der Waals surface area contributed by atoms with Crippen molar-refractivity contribution in [2.75, 3.05) is 12.4 Å². The Morgan fingerprint density at radius 2 is 2.05 bits per heavy atom. The number of hydrogen-bond acceptors (Lipinski definition) is 3. The van der Waals surface area contributed by atoms with Gasteiger partial charge in [-0.15, -0.1) is 0 Å². The van der Waals surface area contributed by atoms with Crippen LogP contribution in [0.2, 0.25) is 0 Å². The first-order valence-electron chi connectivity index (χ1n) is 6.34. The number of pyridine rings is 1. The molecule has 2 aromatic heterocycles. The van der Waals surface area contributed by atoms with Crippen molar-refractivity contribution in [1.82, 2.24) is 20.1 Å². The van der Waals surface area contributed by atoms with E-state index >= 15 is 0 Å². The van der Waals surface area contributed by atoms with Gasteiger partial charge in [-0.3, -0.25) is 19.9 Å². The molecule has 0 fully saturated rings. The summed E-state index contributed by atoms with van der Waals surface area (Å²) in [6.07, 6.45) is 1.44. The molecule has 21 heavy (non-hydrogen) atoms. The van der Waals surface area contributed by atoms with E-state index in [1.54, 1.807) is 10.7 Å². The predicted molar refractivity (Wildman–Crippen MR) is 79.8 cm³/mol. The molecule has 0 aliphatic carbocycles. The predicted octanol–water partition coefficient (Wildman–Crippen LogP) is 1.47. The maximum absolute atomic E-state index is 11.9. The van der Waals surface area contributed by atoms with Crippen molar-refractivity contribution in [3.05, 3.63) is 52.9 Å². The SMILES string of the molecule is CNC(=O)Nc1cc2c(cn1)c(=O)[nH]n2-c1ccccc1. The minimum absolute atomic E-state index is 0.229. The van der Waals surface area contributed by atoms with Crippen molar-refractivity contribution in [3.63, 3.8) is 0 Å². The number of nitrogens with zero attached hydrogens (tertiary/aromatic N) is 2. The van der Waals surface area contributed by atoms with Crippen LogP contribution in [0, 0.1) is 0 Å². The molecule has 3 rings (SSSR count). The second-order valence-electron chi connectivity index (χ2n) is 4.40. The summed E-state index contributed by atoms with van der Waals surface area (Å²) in [7, 11) is 1.52. The zero-order valence-electron chi connectivity index (χ0n) is 11.3. The van der Waals surface area contributed by atoms with Crippen LogP contribution < -0.4 is 16.2 Å². The number of anilines is 1. The molecule has 7 heteroatoms. The number of para-hydroxylation sites is 1. The first kappa shape index (κ1) is 12.9. The minimum Gasteiger partial charge on any atom is -0.341 e. The molecule has 0 aliphatic heterocycles. The molecule has 0 radical (unpaired) electrons. The number of aromatic amines is 1. The van der Waals surface area contributed by atoms with Gasteiger partial charge in [0.2, 0.25) is 0 Å². The number of hydrogen-bond donors (Lipinski definition) is 3. The summed E-state index contributed by atoms with van der Waals surface area (Å²) in [5.74, 6) is 0.366. The molecule has 2 amide bonds. The van der Waals surface area contributed by atoms with Gasteiger partial charge in [0.05, 0.1) is 16.6 Å². The van der Waals surface area contributed by atoms with Gasteiger partial charge in [0.15, 0.2) is 0 Å². The highest BCUT2D eigenvalue weighted by atomic mass is 16.2. The maximum atomic E-state index is 11.9. The largest absolute Gasteiger partial charge is 0.341 e. The van der Waals surface area contributed by atoms with Crippen LogP contribution in [0.3, 0.4) is 0 Å². The molecule has 0 saturated carbocycles. The minimum atomic E-state index is -0.369. The summed E-state index contributed by atoms with van der Waals surface area (Å²) in [5.41, 5.74) is 1.24. The molecular weight excluding hydrogens is 270 g/mol. The quantitative estimate of drug-likeness (QED) is 0.665. The van der Waals surface area contributed by atoms with Gasteiger partial charge >= 0.3 is 6.03 Å². The van der Waals surface area contributed by atoms with Gasteiger partial charge in [-0.1, -0.05) is 18.2 Å². The Kier molecular flexibility index (Phi) is 3.15. The van der Waals surface area contributed by atoms with Crippen molar-refractivity contribution in [1.29, 1.82) is 0 Å². The summed E-state index contributed by atoms with van der Waals surface area (Å²) in [4.78, 5) is 27.3. The van der Waals surface area contributed by atoms with Crippen LogP contribution in [0.25, 0.3) is 16.6 Å². The fourth-order valence-corrected chi connectivity index (χ4v) is 2.05. The van der Waals surface area contributed by atoms with Crippen LogP contribution in [0.4, 0.5) is 10.6 Å². The number of fused-ring (bicyclic) bond motifs is 1. The number of rotatable bonds is 2. The third-order valence-electron chi connectivity index (χ3n) is 3.06. The van der Waals surface area contributed by atoms with Crippen molar-refractivity contribution in [2.45, 2.75) is 0 Å². The van der Waals surface area contributed by atoms with Crippen molar-refractivity contribution in [2.24, 2.45) is 0 Å². The van der Waals surface area contributed by atoms with Crippen LogP contribution in [0.15, 0.2) is 47.4 Å². The van der Waals surface area contributed by atoms with Gasteiger partial charge in [0.1, 0.15) is 5.82 Å².